The molecule has 1 amide bonds. The van der Waals surface area contributed by atoms with Crippen molar-refractivity contribution in [3.05, 3.63) is 64.0 Å². The van der Waals surface area contributed by atoms with Crippen LogP contribution in [0.5, 0.6) is 5.75 Å². The lowest BCUT2D eigenvalue weighted by Gasteiger charge is -2.15. The van der Waals surface area contributed by atoms with E-state index in [1.807, 2.05) is 36.4 Å². The standard InChI is InChI=1S/C18H16ClNO3S/c1-23-14-8-4-2-6-11(14)13(21)10-20-18(22)17-16(19)12-7-3-5-9-15(12)24-17/h2-9,13,21H,10H2,1H3,(H,20,22). The van der Waals surface area contributed by atoms with Gasteiger partial charge in [0.15, 0.2) is 0 Å². The van der Waals surface area contributed by atoms with Crippen LogP contribution in [-0.2, 0) is 0 Å². The molecule has 0 spiro atoms. The first kappa shape index (κ1) is 16.8. The first-order valence-electron chi connectivity index (χ1n) is 7.38. The van der Waals surface area contributed by atoms with Crippen molar-refractivity contribution >= 4 is 38.9 Å². The molecule has 1 aromatic heterocycles. The largest absolute Gasteiger partial charge is 0.496 e. The molecule has 2 N–H and O–H groups in total. The highest BCUT2D eigenvalue weighted by Crippen LogP contribution is 2.35. The van der Waals surface area contributed by atoms with Gasteiger partial charge in [-0.25, -0.2) is 0 Å². The van der Waals surface area contributed by atoms with Gasteiger partial charge in [0.25, 0.3) is 5.91 Å². The highest BCUT2D eigenvalue weighted by molar-refractivity contribution is 7.21. The number of para-hydroxylation sites is 1. The quantitative estimate of drug-likeness (QED) is 0.721. The number of hydrogen-bond donors (Lipinski definition) is 2. The van der Waals surface area contributed by atoms with Crippen molar-refractivity contribution in [2.45, 2.75) is 6.10 Å². The summed E-state index contributed by atoms with van der Waals surface area (Å²) in [6.45, 7) is 0.0732. The Morgan fingerprint density at radius 1 is 1.25 bits per heavy atom. The molecule has 1 atom stereocenters. The van der Waals surface area contributed by atoms with Crippen molar-refractivity contribution < 1.29 is 14.6 Å². The molecule has 3 aromatic rings. The lowest BCUT2D eigenvalue weighted by molar-refractivity contribution is 0.0919. The van der Waals surface area contributed by atoms with Crippen LogP contribution >= 0.6 is 22.9 Å². The topological polar surface area (TPSA) is 58.6 Å². The molecule has 6 heteroatoms. The minimum Gasteiger partial charge on any atom is -0.496 e. The molecule has 24 heavy (non-hydrogen) atoms. The Hall–Kier alpha value is -2.08. The summed E-state index contributed by atoms with van der Waals surface area (Å²) in [5, 5.41) is 14.3. The Balaban J connectivity index is 1.74. The summed E-state index contributed by atoms with van der Waals surface area (Å²) in [4.78, 5) is 12.8. The number of fused-ring (bicyclic) bond motifs is 1. The van der Waals surface area contributed by atoms with Gasteiger partial charge in [-0.15, -0.1) is 11.3 Å². The first-order chi connectivity index (χ1) is 11.6. The van der Waals surface area contributed by atoms with Gasteiger partial charge in [0.05, 0.1) is 18.2 Å². The SMILES string of the molecule is COc1ccccc1C(O)CNC(=O)c1sc2ccccc2c1Cl. The summed E-state index contributed by atoms with van der Waals surface area (Å²) in [7, 11) is 1.54. The van der Waals surface area contributed by atoms with Crippen LogP contribution in [0.2, 0.25) is 5.02 Å². The molecule has 4 nitrogen and oxygen atoms in total. The second kappa shape index (κ2) is 7.21. The van der Waals surface area contributed by atoms with E-state index in [0.717, 1.165) is 10.1 Å². The lowest BCUT2D eigenvalue weighted by Crippen LogP contribution is -2.28. The number of rotatable bonds is 5. The molecule has 1 heterocycles. The zero-order valence-corrected chi connectivity index (χ0v) is 14.5. The van der Waals surface area contributed by atoms with Crippen LogP contribution in [0.15, 0.2) is 48.5 Å². The van der Waals surface area contributed by atoms with E-state index in [4.69, 9.17) is 16.3 Å². The number of benzene rings is 2. The minimum atomic E-state index is -0.863. The molecule has 1 unspecified atom stereocenters. The summed E-state index contributed by atoms with van der Waals surface area (Å²) in [6, 6.07) is 14.8. The second-order valence-corrected chi connectivity index (χ2v) is 6.64. The second-order valence-electron chi connectivity index (χ2n) is 5.21. The van der Waals surface area contributed by atoms with Crippen molar-refractivity contribution in [1.82, 2.24) is 5.32 Å². The zero-order chi connectivity index (χ0) is 17.1. The highest BCUT2D eigenvalue weighted by atomic mass is 35.5. The Kier molecular flexibility index (Phi) is 5.04. The number of ether oxygens (including phenoxy) is 1. The van der Waals surface area contributed by atoms with E-state index in [0.29, 0.717) is 21.2 Å². The fourth-order valence-corrected chi connectivity index (χ4v) is 3.91. The minimum absolute atomic E-state index is 0.0732. The molecular formula is C18H16ClNO3S. The van der Waals surface area contributed by atoms with Crippen molar-refractivity contribution in [2.75, 3.05) is 13.7 Å². The van der Waals surface area contributed by atoms with Crippen LogP contribution < -0.4 is 10.1 Å². The van der Waals surface area contributed by atoms with E-state index in [1.165, 1.54) is 11.3 Å². The maximum atomic E-state index is 12.4. The van der Waals surface area contributed by atoms with Crippen LogP contribution in [0.1, 0.15) is 21.3 Å². The van der Waals surface area contributed by atoms with Gasteiger partial charge in [-0.1, -0.05) is 48.0 Å². The van der Waals surface area contributed by atoms with E-state index in [-0.39, 0.29) is 12.5 Å². The number of halogens is 1. The Morgan fingerprint density at radius 3 is 2.71 bits per heavy atom. The molecular weight excluding hydrogens is 346 g/mol. The lowest BCUT2D eigenvalue weighted by atomic mass is 10.1. The van der Waals surface area contributed by atoms with Gasteiger partial charge < -0.3 is 15.2 Å². The van der Waals surface area contributed by atoms with Crippen LogP contribution in [0, 0.1) is 0 Å². The maximum absolute atomic E-state index is 12.4. The predicted octanol–water partition coefficient (Wildman–Crippen LogP) is 4.03. The smallest absolute Gasteiger partial charge is 0.263 e. The average Bonchev–Trinajstić information content (AvgIpc) is 2.96. The third-order valence-corrected chi connectivity index (χ3v) is 5.37. The van der Waals surface area contributed by atoms with Crippen molar-refractivity contribution in [2.24, 2.45) is 0 Å². The summed E-state index contributed by atoms with van der Waals surface area (Å²) >= 11 is 7.64. The van der Waals surface area contributed by atoms with Crippen molar-refractivity contribution in [1.29, 1.82) is 0 Å². The molecule has 0 bridgehead atoms. The van der Waals surface area contributed by atoms with E-state index in [1.54, 1.807) is 19.2 Å². The maximum Gasteiger partial charge on any atom is 0.263 e. The predicted molar refractivity (Wildman–Crippen MR) is 97.1 cm³/mol. The van der Waals surface area contributed by atoms with E-state index in [2.05, 4.69) is 5.32 Å². The molecule has 3 rings (SSSR count). The van der Waals surface area contributed by atoms with Gasteiger partial charge in [0, 0.05) is 22.2 Å². The Bertz CT molecular complexity index is 878. The number of aliphatic hydroxyl groups is 1. The van der Waals surface area contributed by atoms with Gasteiger partial charge in [0.1, 0.15) is 10.6 Å². The number of methoxy groups -OCH3 is 1. The number of carbonyl (C=O) groups is 1. The van der Waals surface area contributed by atoms with Crippen molar-refractivity contribution in [3.63, 3.8) is 0 Å². The molecule has 0 radical (unpaired) electrons. The summed E-state index contributed by atoms with van der Waals surface area (Å²) in [6.07, 6.45) is -0.863. The monoisotopic (exact) mass is 361 g/mol. The molecule has 124 valence electrons. The van der Waals surface area contributed by atoms with Gasteiger partial charge in [-0.2, -0.15) is 0 Å². The van der Waals surface area contributed by atoms with Crippen LogP contribution in [0.3, 0.4) is 0 Å². The van der Waals surface area contributed by atoms with Gasteiger partial charge in [-0.3, -0.25) is 4.79 Å². The molecule has 0 fully saturated rings. The van der Waals surface area contributed by atoms with E-state index in [9.17, 15) is 9.90 Å². The van der Waals surface area contributed by atoms with Crippen molar-refractivity contribution in [3.8, 4) is 5.75 Å². The number of carbonyl (C=O) groups excluding carboxylic acids is 1. The number of aliphatic hydroxyl groups excluding tert-OH is 1. The number of thiophene rings is 1. The summed E-state index contributed by atoms with van der Waals surface area (Å²) in [5.41, 5.74) is 0.628. The molecule has 2 aromatic carbocycles. The normalized spacial score (nSPS) is 12.1. The number of hydrogen-bond acceptors (Lipinski definition) is 4. The van der Waals surface area contributed by atoms with Crippen LogP contribution in [0.25, 0.3) is 10.1 Å². The third-order valence-electron chi connectivity index (χ3n) is 3.70. The molecule has 0 aliphatic rings. The Morgan fingerprint density at radius 2 is 1.96 bits per heavy atom. The summed E-state index contributed by atoms with van der Waals surface area (Å²) in [5.74, 6) is 0.286. The van der Waals surface area contributed by atoms with Gasteiger partial charge in [0.2, 0.25) is 0 Å². The number of amides is 1. The van der Waals surface area contributed by atoms with E-state index < -0.39 is 6.10 Å². The summed E-state index contributed by atoms with van der Waals surface area (Å²) < 4.78 is 6.18. The van der Waals surface area contributed by atoms with Crippen LogP contribution in [0.4, 0.5) is 0 Å². The highest BCUT2D eigenvalue weighted by Gasteiger charge is 2.19. The fourth-order valence-electron chi connectivity index (χ4n) is 2.48. The zero-order valence-electron chi connectivity index (χ0n) is 13.0. The first-order valence-corrected chi connectivity index (χ1v) is 8.57. The molecule has 0 aliphatic heterocycles. The molecule has 0 saturated carbocycles. The third kappa shape index (κ3) is 3.24. The Labute approximate surface area is 148 Å². The van der Waals surface area contributed by atoms with Gasteiger partial charge >= 0.3 is 0 Å². The molecule has 0 aliphatic carbocycles. The van der Waals surface area contributed by atoms with Crippen LogP contribution in [-0.4, -0.2) is 24.7 Å². The molecule has 0 saturated heterocycles. The average molecular weight is 362 g/mol. The van der Waals surface area contributed by atoms with E-state index >= 15 is 0 Å². The number of nitrogens with one attached hydrogen (secondary N) is 1. The fraction of sp³-hybridized carbons (Fsp3) is 0.167. The van der Waals surface area contributed by atoms with Gasteiger partial charge in [-0.05, 0) is 12.1 Å².